The molecule has 0 spiro atoms. The minimum atomic E-state index is -3.32. The van der Waals surface area contributed by atoms with Gasteiger partial charge >= 0.3 is 0 Å². The molecule has 146 valence electrons. The molecule has 0 aliphatic carbocycles. The van der Waals surface area contributed by atoms with Crippen molar-refractivity contribution in [3.05, 3.63) is 54.6 Å². The molecular weight excluding hydrogens is 362 g/mol. The summed E-state index contributed by atoms with van der Waals surface area (Å²) in [5.41, 5.74) is 1.77. The van der Waals surface area contributed by atoms with Crippen molar-refractivity contribution in [3.8, 4) is 5.75 Å². The Kier molecular flexibility index (Phi) is 6.58. The maximum Gasteiger partial charge on any atom is 0.229 e. The largest absolute Gasteiger partial charge is 0.491 e. The van der Waals surface area contributed by atoms with E-state index in [9.17, 15) is 8.42 Å². The number of nitrogens with one attached hydrogen (secondary N) is 1. The molecular formula is C20H27N3O3S. The summed E-state index contributed by atoms with van der Waals surface area (Å²) in [4.78, 5) is 4.86. The highest BCUT2D eigenvalue weighted by Crippen LogP contribution is 2.24. The zero-order valence-electron chi connectivity index (χ0n) is 15.7. The molecule has 1 fully saturated rings. The average molecular weight is 390 g/mol. The number of ether oxygens (including phenoxy) is 1. The molecule has 27 heavy (non-hydrogen) atoms. The van der Waals surface area contributed by atoms with Crippen molar-refractivity contribution in [2.75, 3.05) is 55.2 Å². The molecule has 2 aromatic carbocycles. The standard InChI is InChI=1S/C20H27N3O3S/c1-27(24,25)21-19-10-5-6-11-20(19)26-17-7-12-22-13-15-23(16-14-22)18-8-3-2-4-9-18/h2-6,8-11,21H,7,12-17H2,1H3. The molecule has 1 aliphatic rings. The Morgan fingerprint density at radius 1 is 0.963 bits per heavy atom. The normalized spacial score (nSPS) is 15.5. The highest BCUT2D eigenvalue weighted by molar-refractivity contribution is 7.92. The van der Waals surface area contributed by atoms with Gasteiger partial charge in [0, 0.05) is 38.4 Å². The minimum absolute atomic E-state index is 0.483. The van der Waals surface area contributed by atoms with Crippen LogP contribution in [0.5, 0.6) is 5.75 Å². The summed E-state index contributed by atoms with van der Waals surface area (Å²) in [6.45, 7) is 5.69. The third-order valence-electron chi connectivity index (χ3n) is 4.55. The molecule has 6 nitrogen and oxygen atoms in total. The van der Waals surface area contributed by atoms with Crippen LogP contribution in [0.25, 0.3) is 0 Å². The van der Waals surface area contributed by atoms with E-state index in [0.29, 0.717) is 18.0 Å². The van der Waals surface area contributed by atoms with Crippen LogP contribution in [0.2, 0.25) is 0 Å². The minimum Gasteiger partial charge on any atom is -0.491 e. The molecule has 0 atom stereocenters. The first-order chi connectivity index (χ1) is 13.0. The molecule has 0 radical (unpaired) electrons. The molecule has 7 heteroatoms. The van der Waals surface area contributed by atoms with E-state index in [1.807, 2.05) is 12.1 Å². The SMILES string of the molecule is CS(=O)(=O)Nc1ccccc1OCCCN1CCN(c2ccccc2)CC1. The highest BCUT2D eigenvalue weighted by Gasteiger charge is 2.16. The van der Waals surface area contributed by atoms with E-state index in [4.69, 9.17) is 4.74 Å². The van der Waals surface area contributed by atoms with Crippen LogP contribution in [0.4, 0.5) is 11.4 Å². The van der Waals surface area contributed by atoms with Gasteiger partial charge in [-0.25, -0.2) is 8.42 Å². The van der Waals surface area contributed by atoms with Gasteiger partial charge in [0.05, 0.1) is 18.6 Å². The maximum atomic E-state index is 11.4. The van der Waals surface area contributed by atoms with Gasteiger partial charge in [-0.05, 0) is 30.7 Å². The van der Waals surface area contributed by atoms with Crippen molar-refractivity contribution in [2.45, 2.75) is 6.42 Å². The van der Waals surface area contributed by atoms with Crippen molar-refractivity contribution in [3.63, 3.8) is 0 Å². The fourth-order valence-electron chi connectivity index (χ4n) is 3.22. The van der Waals surface area contributed by atoms with Crippen LogP contribution >= 0.6 is 0 Å². The second kappa shape index (κ2) is 9.10. The molecule has 3 rings (SSSR count). The van der Waals surface area contributed by atoms with E-state index in [1.54, 1.807) is 18.2 Å². The van der Waals surface area contributed by atoms with Crippen molar-refractivity contribution < 1.29 is 13.2 Å². The quantitative estimate of drug-likeness (QED) is 0.704. The van der Waals surface area contributed by atoms with Gasteiger partial charge in [-0.2, -0.15) is 0 Å². The van der Waals surface area contributed by atoms with Crippen molar-refractivity contribution in [2.24, 2.45) is 0 Å². The number of benzene rings is 2. The fraction of sp³-hybridized carbons (Fsp3) is 0.400. The average Bonchev–Trinajstić information content (AvgIpc) is 2.66. The molecule has 0 aromatic heterocycles. The summed E-state index contributed by atoms with van der Waals surface area (Å²) in [6, 6.07) is 17.6. The summed E-state index contributed by atoms with van der Waals surface area (Å²) in [5, 5.41) is 0. The number of rotatable bonds is 8. The topological polar surface area (TPSA) is 61.9 Å². The first kappa shape index (κ1) is 19.5. The van der Waals surface area contributed by atoms with Gasteiger partial charge in [0.25, 0.3) is 0 Å². The lowest BCUT2D eigenvalue weighted by Gasteiger charge is -2.36. The Labute approximate surface area is 161 Å². The fourth-order valence-corrected chi connectivity index (χ4v) is 3.78. The predicted octanol–water partition coefficient (Wildman–Crippen LogP) is 2.65. The number of piperazine rings is 1. The summed E-state index contributed by atoms with van der Waals surface area (Å²) in [5.74, 6) is 0.567. The van der Waals surface area contributed by atoms with Crippen molar-refractivity contribution in [1.82, 2.24) is 4.90 Å². The van der Waals surface area contributed by atoms with Crippen LogP contribution in [0, 0.1) is 0 Å². The number of para-hydroxylation sites is 3. The lowest BCUT2D eigenvalue weighted by molar-refractivity contribution is 0.225. The van der Waals surface area contributed by atoms with E-state index in [1.165, 1.54) is 5.69 Å². The Bertz CT molecular complexity index is 819. The first-order valence-corrected chi connectivity index (χ1v) is 11.1. The Morgan fingerprint density at radius 3 is 2.33 bits per heavy atom. The predicted molar refractivity (Wildman–Crippen MR) is 110 cm³/mol. The van der Waals surface area contributed by atoms with Crippen molar-refractivity contribution >= 4 is 21.4 Å². The maximum absolute atomic E-state index is 11.4. The van der Waals surface area contributed by atoms with E-state index < -0.39 is 10.0 Å². The van der Waals surface area contributed by atoms with Gasteiger partial charge < -0.3 is 9.64 Å². The monoisotopic (exact) mass is 389 g/mol. The van der Waals surface area contributed by atoms with Gasteiger partial charge in [-0.3, -0.25) is 9.62 Å². The van der Waals surface area contributed by atoms with Crippen LogP contribution < -0.4 is 14.4 Å². The number of anilines is 2. The zero-order chi connectivity index (χ0) is 19.1. The molecule has 1 saturated heterocycles. The molecule has 1 aliphatic heterocycles. The van der Waals surface area contributed by atoms with E-state index in [0.717, 1.165) is 45.4 Å². The third kappa shape index (κ3) is 6.15. The number of hydrogen-bond acceptors (Lipinski definition) is 5. The van der Waals surface area contributed by atoms with Gasteiger partial charge in [0.1, 0.15) is 5.75 Å². The van der Waals surface area contributed by atoms with Crippen LogP contribution in [0.1, 0.15) is 6.42 Å². The molecule has 1 heterocycles. The number of hydrogen-bond donors (Lipinski definition) is 1. The number of nitrogens with zero attached hydrogens (tertiary/aromatic N) is 2. The Hall–Kier alpha value is -2.25. The highest BCUT2D eigenvalue weighted by atomic mass is 32.2. The van der Waals surface area contributed by atoms with E-state index >= 15 is 0 Å². The summed E-state index contributed by atoms with van der Waals surface area (Å²) in [6.07, 6.45) is 2.04. The Balaban J connectivity index is 1.40. The lowest BCUT2D eigenvalue weighted by Crippen LogP contribution is -2.46. The Morgan fingerprint density at radius 2 is 1.63 bits per heavy atom. The lowest BCUT2D eigenvalue weighted by atomic mass is 10.2. The van der Waals surface area contributed by atoms with Crippen LogP contribution in [0.3, 0.4) is 0 Å². The van der Waals surface area contributed by atoms with Crippen LogP contribution in [-0.2, 0) is 10.0 Å². The van der Waals surface area contributed by atoms with Crippen molar-refractivity contribution in [1.29, 1.82) is 0 Å². The van der Waals surface area contributed by atoms with Crippen LogP contribution in [-0.4, -0.2) is 58.9 Å². The molecule has 2 aromatic rings. The summed E-state index contributed by atoms with van der Waals surface area (Å²) < 4.78 is 31.2. The van der Waals surface area contributed by atoms with Gasteiger partial charge in [-0.15, -0.1) is 0 Å². The summed E-state index contributed by atoms with van der Waals surface area (Å²) in [7, 11) is -3.32. The number of sulfonamides is 1. The smallest absolute Gasteiger partial charge is 0.229 e. The van der Waals surface area contributed by atoms with E-state index in [2.05, 4.69) is 38.8 Å². The first-order valence-electron chi connectivity index (χ1n) is 9.23. The molecule has 0 bridgehead atoms. The molecule has 0 unspecified atom stereocenters. The second-order valence-electron chi connectivity index (χ2n) is 6.74. The molecule has 0 amide bonds. The van der Waals surface area contributed by atoms with Gasteiger partial charge in [0.2, 0.25) is 10.0 Å². The van der Waals surface area contributed by atoms with Crippen LogP contribution in [0.15, 0.2) is 54.6 Å². The van der Waals surface area contributed by atoms with Gasteiger partial charge in [0.15, 0.2) is 0 Å². The third-order valence-corrected chi connectivity index (χ3v) is 5.14. The summed E-state index contributed by atoms with van der Waals surface area (Å²) >= 11 is 0. The molecule has 0 saturated carbocycles. The zero-order valence-corrected chi connectivity index (χ0v) is 16.5. The van der Waals surface area contributed by atoms with Gasteiger partial charge in [-0.1, -0.05) is 30.3 Å². The van der Waals surface area contributed by atoms with E-state index in [-0.39, 0.29) is 0 Å². The second-order valence-corrected chi connectivity index (χ2v) is 8.49. The molecule has 1 N–H and O–H groups in total.